The molecule has 0 amide bonds. The first-order valence-electron chi connectivity index (χ1n) is 6.79. The summed E-state index contributed by atoms with van der Waals surface area (Å²) in [5.41, 5.74) is 2.98. The summed E-state index contributed by atoms with van der Waals surface area (Å²) in [4.78, 5) is 2.65. The van der Waals surface area contributed by atoms with Crippen LogP contribution in [-0.4, -0.2) is 17.5 Å². The number of piperidine rings is 1. The third-order valence-electron chi connectivity index (χ3n) is 4.26. The molecule has 0 spiro atoms. The van der Waals surface area contributed by atoms with E-state index in [0.29, 0.717) is 0 Å². The van der Waals surface area contributed by atoms with Crippen LogP contribution in [0.2, 0.25) is 0 Å². The van der Waals surface area contributed by atoms with Crippen LogP contribution in [0.25, 0.3) is 0 Å². The monoisotopic (exact) mass is 219 g/mol. The first-order chi connectivity index (χ1) is 7.68. The lowest BCUT2D eigenvalue weighted by molar-refractivity contribution is 0.195. The third-order valence-corrected chi connectivity index (χ3v) is 4.26. The molecule has 1 fully saturated rings. The Morgan fingerprint density at radius 3 is 2.75 bits per heavy atom. The van der Waals surface area contributed by atoms with Gasteiger partial charge in [-0.3, -0.25) is 0 Å². The minimum atomic E-state index is 0.740. The number of hydrogen-bond donors (Lipinski definition) is 0. The van der Waals surface area contributed by atoms with E-state index in [2.05, 4.69) is 31.4 Å². The fourth-order valence-electron chi connectivity index (χ4n) is 3.05. The van der Waals surface area contributed by atoms with Gasteiger partial charge in [0, 0.05) is 18.3 Å². The Morgan fingerprint density at radius 1 is 1.38 bits per heavy atom. The standard InChI is InChI=1S/C15H25N/c1-12(2)14-7-9-15(10-8-14)16-11-5-4-6-13(16)3/h9,13-14H,1,4-8,10-11H2,2-3H3/t13?,14-/m0/s1. The number of rotatable bonds is 2. The molecule has 1 heteroatoms. The van der Waals surface area contributed by atoms with Crippen molar-refractivity contribution in [2.24, 2.45) is 5.92 Å². The molecule has 1 unspecified atom stereocenters. The highest BCUT2D eigenvalue weighted by Gasteiger charge is 2.23. The minimum absolute atomic E-state index is 0.740. The van der Waals surface area contributed by atoms with Crippen LogP contribution >= 0.6 is 0 Å². The van der Waals surface area contributed by atoms with E-state index >= 15 is 0 Å². The number of nitrogens with zero attached hydrogens (tertiary/aromatic N) is 1. The van der Waals surface area contributed by atoms with Crippen molar-refractivity contribution in [3.8, 4) is 0 Å². The average molecular weight is 219 g/mol. The Bertz CT molecular complexity index is 290. The largest absolute Gasteiger partial charge is 0.372 e. The molecule has 1 saturated heterocycles. The fourth-order valence-corrected chi connectivity index (χ4v) is 3.05. The molecule has 0 aromatic carbocycles. The molecule has 0 radical (unpaired) electrons. The Kier molecular flexibility index (Phi) is 3.73. The van der Waals surface area contributed by atoms with Crippen LogP contribution in [0.15, 0.2) is 23.9 Å². The minimum Gasteiger partial charge on any atom is -0.372 e. The molecular formula is C15H25N. The molecule has 0 N–H and O–H groups in total. The summed E-state index contributed by atoms with van der Waals surface area (Å²) in [5, 5.41) is 0. The summed E-state index contributed by atoms with van der Waals surface area (Å²) in [7, 11) is 0. The second-order valence-electron chi connectivity index (χ2n) is 5.55. The van der Waals surface area contributed by atoms with Gasteiger partial charge >= 0.3 is 0 Å². The lowest BCUT2D eigenvalue weighted by Gasteiger charge is -2.39. The van der Waals surface area contributed by atoms with Crippen molar-refractivity contribution in [1.82, 2.24) is 4.90 Å². The molecule has 90 valence electrons. The highest BCUT2D eigenvalue weighted by molar-refractivity contribution is 5.12. The fraction of sp³-hybridized carbons (Fsp3) is 0.733. The smallest absolute Gasteiger partial charge is 0.0258 e. The molecule has 16 heavy (non-hydrogen) atoms. The summed E-state index contributed by atoms with van der Waals surface area (Å²) < 4.78 is 0. The van der Waals surface area contributed by atoms with Gasteiger partial charge in [-0.05, 0) is 58.3 Å². The zero-order valence-corrected chi connectivity index (χ0v) is 10.8. The molecule has 0 aromatic rings. The average Bonchev–Trinajstić information content (AvgIpc) is 2.30. The van der Waals surface area contributed by atoms with Crippen LogP contribution < -0.4 is 0 Å². The number of hydrogen-bond acceptors (Lipinski definition) is 1. The topological polar surface area (TPSA) is 3.24 Å². The van der Waals surface area contributed by atoms with Crippen LogP contribution in [0.1, 0.15) is 52.4 Å². The lowest BCUT2D eigenvalue weighted by Crippen LogP contribution is -2.37. The van der Waals surface area contributed by atoms with Gasteiger partial charge in [0.15, 0.2) is 0 Å². The zero-order valence-electron chi connectivity index (χ0n) is 10.8. The molecule has 1 nitrogen and oxygen atoms in total. The van der Waals surface area contributed by atoms with Gasteiger partial charge in [-0.1, -0.05) is 18.2 Å². The van der Waals surface area contributed by atoms with E-state index in [1.165, 1.54) is 50.6 Å². The van der Waals surface area contributed by atoms with Gasteiger partial charge in [-0.2, -0.15) is 0 Å². The van der Waals surface area contributed by atoms with Gasteiger partial charge in [0.2, 0.25) is 0 Å². The Morgan fingerprint density at radius 2 is 2.19 bits per heavy atom. The van der Waals surface area contributed by atoms with Crippen molar-refractivity contribution < 1.29 is 0 Å². The summed E-state index contributed by atoms with van der Waals surface area (Å²) >= 11 is 0. The van der Waals surface area contributed by atoms with E-state index < -0.39 is 0 Å². The van der Waals surface area contributed by atoms with Crippen molar-refractivity contribution in [1.29, 1.82) is 0 Å². The molecule has 0 saturated carbocycles. The molecule has 1 heterocycles. The first-order valence-corrected chi connectivity index (χ1v) is 6.79. The van der Waals surface area contributed by atoms with Gasteiger partial charge < -0.3 is 4.90 Å². The third kappa shape index (κ3) is 2.50. The van der Waals surface area contributed by atoms with Gasteiger partial charge in [0.1, 0.15) is 0 Å². The van der Waals surface area contributed by atoms with Crippen molar-refractivity contribution in [3.05, 3.63) is 23.9 Å². The van der Waals surface area contributed by atoms with E-state index in [4.69, 9.17) is 0 Å². The van der Waals surface area contributed by atoms with E-state index in [-0.39, 0.29) is 0 Å². The Labute approximate surface area is 100 Å². The maximum Gasteiger partial charge on any atom is 0.0258 e. The molecular weight excluding hydrogens is 194 g/mol. The van der Waals surface area contributed by atoms with E-state index in [9.17, 15) is 0 Å². The highest BCUT2D eigenvalue weighted by atomic mass is 15.2. The quantitative estimate of drug-likeness (QED) is 0.631. The SMILES string of the molecule is C=C(C)[C@H]1CC=C(N2CCCCC2C)CC1. The summed E-state index contributed by atoms with van der Waals surface area (Å²) in [6, 6.07) is 0.765. The van der Waals surface area contributed by atoms with Crippen LogP contribution in [0.3, 0.4) is 0 Å². The van der Waals surface area contributed by atoms with Crippen LogP contribution in [0, 0.1) is 5.92 Å². The summed E-state index contributed by atoms with van der Waals surface area (Å²) in [6.45, 7) is 9.92. The van der Waals surface area contributed by atoms with E-state index in [1.807, 2.05) is 0 Å². The summed E-state index contributed by atoms with van der Waals surface area (Å²) in [6.07, 6.45) is 10.4. The van der Waals surface area contributed by atoms with Crippen LogP contribution in [0.5, 0.6) is 0 Å². The maximum absolute atomic E-state index is 4.09. The predicted octanol–water partition coefficient (Wildman–Crippen LogP) is 4.12. The Balaban J connectivity index is 1.98. The number of likely N-dealkylation sites (tertiary alicyclic amines) is 1. The van der Waals surface area contributed by atoms with Gasteiger partial charge in [-0.25, -0.2) is 0 Å². The van der Waals surface area contributed by atoms with Crippen molar-refractivity contribution >= 4 is 0 Å². The first kappa shape index (κ1) is 11.8. The van der Waals surface area contributed by atoms with Crippen molar-refractivity contribution in [3.63, 3.8) is 0 Å². The van der Waals surface area contributed by atoms with Crippen molar-refractivity contribution in [2.75, 3.05) is 6.54 Å². The van der Waals surface area contributed by atoms with Crippen molar-refractivity contribution in [2.45, 2.75) is 58.4 Å². The molecule has 0 bridgehead atoms. The predicted molar refractivity (Wildman–Crippen MR) is 70.3 cm³/mol. The molecule has 2 atom stereocenters. The molecule has 1 aliphatic carbocycles. The zero-order chi connectivity index (χ0) is 11.5. The second kappa shape index (κ2) is 5.07. The van der Waals surface area contributed by atoms with Crippen LogP contribution in [-0.2, 0) is 0 Å². The van der Waals surface area contributed by atoms with E-state index in [0.717, 1.165) is 12.0 Å². The molecule has 0 aromatic heterocycles. The van der Waals surface area contributed by atoms with Crippen LogP contribution in [0.4, 0.5) is 0 Å². The molecule has 2 rings (SSSR count). The normalized spacial score (nSPS) is 31.1. The van der Waals surface area contributed by atoms with Gasteiger partial charge in [0.25, 0.3) is 0 Å². The molecule has 1 aliphatic heterocycles. The Hall–Kier alpha value is -0.720. The highest BCUT2D eigenvalue weighted by Crippen LogP contribution is 2.32. The lowest BCUT2D eigenvalue weighted by atomic mass is 9.86. The number of allylic oxidation sites excluding steroid dienone is 3. The van der Waals surface area contributed by atoms with Gasteiger partial charge in [-0.15, -0.1) is 0 Å². The summed E-state index contributed by atoms with van der Waals surface area (Å²) in [5.74, 6) is 0.740. The van der Waals surface area contributed by atoms with E-state index in [1.54, 1.807) is 5.70 Å². The maximum atomic E-state index is 4.09. The van der Waals surface area contributed by atoms with Gasteiger partial charge in [0.05, 0.1) is 0 Å². The molecule has 2 aliphatic rings. The second-order valence-corrected chi connectivity index (χ2v) is 5.55.